The molecule has 1 heterocycles. The van der Waals surface area contributed by atoms with Gasteiger partial charge in [0.1, 0.15) is 5.82 Å². The largest absolute Gasteiger partial charge is 0.348 e. The highest BCUT2D eigenvalue weighted by atomic mass is 127. The number of nitrogens with zero attached hydrogens (tertiary/aromatic N) is 1. The summed E-state index contributed by atoms with van der Waals surface area (Å²) in [4.78, 5) is 27.6. The number of benzene rings is 1. The number of pyridine rings is 1. The van der Waals surface area contributed by atoms with Crippen LogP contribution in [0.2, 0.25) is 0 Å². The number of hydrogen-bond acceptors (Lipinski definition) is 4. The molecule has 0 bridgehead atoms. The molecule has 25 heavy (non-hydrogen) atoms. The number of alkyl halides is 3. The summed E-state index contributed by atoms with van der Waals surface area (Å²) in [7, 11) is 0. The molecule has 2 N–H and O–H groups in total. The Labute approximate surface area is 161 Å². The van der Waals surface area contributed by atoms with Crippen LogP contribution < -0.4 is 10.6 Å². The van der Waals surface area contributed by atoms with Gasteiger partial charge in [-0.2, -0.15) is 8.78 Å². The Kier molecular flexibility index (Phi) is 6.71. The third kappa shape index (κ3) is 6.94. The van der Waals surface area contributed by atoms with Crippen molar-refractivity contribution < 1.29 is 18.4 Å². The van der Waals surface area contributed by atoms with Gasteiger partial charge in [-0.05, 0) is 41.6 Å². The molecular weight excluding hydrogens is 463 g/mol. The number of carbonyl (C=O) groups excluding carboxylic acids is 2. The maximum absolute atomic E-state index is 12.9. The van der Waals surface area contributed by atoms with E-state index in [2.05, 4.69) is 15.6 Å². The number of rotatable bonds is 6. The zero-order chi connectivity index (χ0) is 18.4. The Morgan fingerprint density at radius 2 is 1.92 bits per heavy atom. The lowest BCUT2D eigenvalue weighted by molar-refractivity contribution is -0.114. The fourth-order valence-corrected chi connectivity index (χ4v) is 3.22. The summed E-state index contributed by atoms with van der Waals surface area (Å²) >= 11 is 1.53. The molecule has 0 saturated carbocycles. The summed E-state index contributed by atoms with van der Waals surface area (Å²) in [5.41, 5.74) is 1.14. The van der Waals surface area contributed by atoms with Crippen molar-refractivity contribution >= 4 is 52.0 Å². The third-order valence-corrected chi connectivity index (χ3v) is 4.34. The Balaban J connectivity index is 1.94. The monoisotopic (exact) mass is 477 g/mol. The average molecular weight is 477 g/mol. The van der Waals surface area contributed by atoms with E-state index < -0.39 is 3.26 Å². The van der Waals surface area contributed by atoms with Crippen molar-refractivity contribution in [1.82, 2.24) is 10.3 Å². The van der Waals surface area contributed by atoms with Gasteiger partial charge in [0.15, 0.2) is 0 Å². The van der Waals surface area contributed by atoms with Crippen LogP contribution in [0.4, 0.5) is 14.6 Å². The summed E-state index contributed by atoms with van der Waals surface area (Å²) in [6.45, 7) is 1.60. The van der Waals surface area contributed by atoms with E-state index in [9.17, 15) is 18.4 Å². The smallest absolute Gasteiger partial charge is 0.347 e. The quantitative estimate of drug-likeness (QED) is 0.374. The zero-order valence-electron chi connectivity index (χ0n) is 13.1. The van der Waals surface area contributed by atoms with Gasteiger partial charge in [0.25, 0.3) is 5.91 Å². The molecule has 2 aromatic rings. The van der Waals surface area contributed by atoms with Crippen LogP contribution in [0.1, 0.15) is 22.8 Å². The second kappa shape index (κ2) is 8.56. The molecule has 0 unspecified atom stereocenters. The molecule has 9 heteroatoms. The second-order valence-electron chi connectivity index (χ2n) is 4.99. The van der Waals surface area contributed by atoms with Crippen LogP contribution in [-0.4, -0.2) is 20.1 Å². The van der Waals surface area contributed by atoms with E-state index in [1.54, 1.807) is 24.3 Å². The lowest BCUT2D eigenvalue weighted by atomic mass is 10.2. The molecule has 5 nitrogen and oxygen atoms in total. The number of amides is 2. The first-order valence-corrected chi connectivity index (χ1v) is 8.99. The molecule has 132 valence electrons. The Morgan fingerprint density at radius 3 is 2.52 bits per heavy atom. The van der Waals surface area contributed by atoms with Crippen LogP contribution >= 0.6 is 34.4 Å². The molecular formula is C16H14F2IN3O2S. The highest BCUT2D eigenvalue weighted by molar-refractivity contribution is 14.1. The minimum Gasteiger partial charge on any atom is -0.348 e. The summed E-state index contributed by atoms with van der Waals surface area (Å²) in [6, 6.07) is 9.53. The normalized spacial score (nSPS) is 11.0. The van der Waals surface area contributed by atoms with Gasteiger partial charge in [-0.1, -0.05) is 12.1 Å². The second-order valence-corrected chi connectivity index (χ2v) is 8.26. The van der Waals surface area contributed by atoms with Gasteiger partial charge in [0.2, 0.25) is 5.91 Å². The van der Waals surface area contributed by atoms with Crippen LogP contribution in [0.25, 0.3) is 0 Å². The lowest BCUT2D eigenvalue weighted by Gasteiger charge is -2.09. The fraction of sp³-hybridized carbons (Fsp3) is 0.188. The van der Waals surface area contributed by atoms with E-state index in [1.807, 2.05) is 0 Å². The maximum atomic E-state index is 12.9. The van der Waals surface area contributed by atoms with Crippen LogP contribution in [0.15, 0.2) is 47.5 Å². The van der Waals surface area contributed by atoms with E-state index in [-0.39, 0.29) is 18.4 Å². The van der Waals surface area contributed by atoms with Gasteiger partial charge in [-0.25, -0.2) is 4.98 Å². The fourth-order valence-electron chi connectivity index (χ4n) is 1.91. The molecule has 0 aliphatic carbocycles. The number of aromatic nitrogens is 1. The van der Waals surface area contributed by atoms with Crippen molar-refractivity contribution in [3.8, 4) is 0 Å². The summed E-state index contributed by atoms with van der Waals surface area (Å²) < 4.78 is 23.0. The van der Waals surface area contributed by atoms with Crippen LogP contribution in [0.3, 0.4) is 0 Å². The first-order chi connectivity index (χ1) is 11.7. The Hall–Kier alpha value is -1.75. The zero-order valence-corrected chi connectivity index (χ0v) is 16.0. The molecule has 0 spiro atoms. The number of nitrogens with one attached hydrogen (secondary N) is 2. The molecule has 0 aliphatic rings. The van der Waals surface area contributed by atoms with Gasteiger partial charge < -0.3 is 10.6 Å². The van der Waals surface area contributed by atoms with Crippen molar-refractivity contribution in [2.75, 3.05) is 5.32 Å². The maximum Gasteiger partial charge on any atom is 0.347 e. The molecule has 0 radical (unpaired) electrons. The lowest BCUT2D eigenvalue weighted by Crippen LogP contribution is -2.23. The van der Waals surface area contributed by atoms with E-state index >= 15 is 0 Å². The van der Waals surface area contributed by atoms with Crippen molar-refractivity contribution in [1.29, 1.82) is 0 Å². The van der Waals surface area contributed by atoms with Gasteiger partial charge in [-0.15, -0.1) is 0 Å². The first-order valence-electron chi connectivity index (χ1n) is 7.09. The molecule has 0 fully saturated rings. The molecule has 1 aromatic heterocycles. The van der Waals surface area contributed by atoms with E-state index in [4.69, 9.17) is 0 Å². The predicted octanol–water partition coefficient (Wildman–Crippen LogP) is 4.05. The molecule has 0 saturated heterocycles. The first kappa shape index (κ1) is 19.6. The Bertz CT molecular complexity index is 767. The summed E-state index contributed by atoms with van der Waals surface area (Å²) in [6.07, 6.45) is 1.43. The molecule has 2 amide bonds. The number of thioether (sulfide) groups is 1. The van der Waals surface area contributed by atoms with E-state index in [0.717, 1.165) is 28.2 Å². The summed E-state index contributed by atoms with van der Waals surface area (Å²) in [5.74, 6) is -0.312. The number of hydrogen-bond donors (Lipinski definition) is 2. The minimum absolute atomic E-state index is 0.252. The number of halogens is 3. The molecule has 2 rings (SSSR count). The van der Waals surface area contributed by atoms with Crippen LogP contribution in [0.5, 0.6) is 0 Å². The predicted molar refractivity (Wildman–Crippen MR) is 101 cm³/mol. The summed E-state index contributed by atoms with van der Waals surface area (Å²) in [5, 5.41) is 5.23. The van der Waals surface area contributed by atoms with E-state index in [0.29, 0.717) is 28.0 Å². The van der Waals surface area contributed by atoms with Crippen molar-refractivity contribution in [2.45, 2.75) is 21.6 Å². The highest BCUT2D eigenvalue weighted by Crippen LogP contribution is 2.41. The standard InChI is InChI=1S/C16H14F2IN3O2S/c1-10(23)22-14-8-12(6-7-20-14)15(24)21-9-11-2-4-13(5-3-11)25-16(17,18)19/h2-8H,9H2,1H3,(H,21,24)(H,20,22,23). The van der Waals surface area contributed by atoms with Crippen molar-refractivity contribution in [3.63, 3.8) is 0 Å². The average Bonchev–Trinajstić information content (AvgIpc) is 2.52. The third-order valence-electron chi connectivity index (χ3n) is 2.94. The Morgan fingerprint density at radius 1 is 1.24 bits per heavy atom. The molecule has 1 aromatic carbocycles. The van der Waals surface area contributed by atoms with E-state index in [1.165, 1.54) is 25.3 Å². The topological polar surface area (TPSA) is 71.1 Å². The van der Waals surface area contributed by atoms with Crippen molar-refractivity contribution in [3.05, 3.63) is 53.7 Å². The molecule has 0 atom stereocenters. The highest BCUT2D eigenvalue weighted by Gasteiger charge is 2.25. The van der Waals surface area contributed by atoms with Gasteiger partial charge in [0.05, 0.1) is 0 Å². The van der Waals surface area contributed by atoms with Crippen molar-refractivity contribution in [2.24, 2.45) is 0 Å². The SMILES string of the molecule is CC(=O)Nc1cc(C(=O)NCc2ccc(SC(F)(F)I)cc2)ccn1. The number of anilines is 1. The van der Waals surface area contributed by atoms with Crippen LogP contribution in [-0.2, 0) is 11.3 Å². The van der Waals surface area contributed by atoms with Gasteiger partial charge in [-0.3, -0.25) is 9.59 Å². The molecule has 0 aliphatic heterocycles. The number of carbonyl (C=O) groups is 2. The minimum atomic E-state index is -2.86. The van der Waals surface area contributed by atoms with Gasteiger partial charge >= 0.3 is 3.26 Å². The van der Waals surface area contributed by atoms with Crippen LogP contribution in [0, 0.1) is 0 Å². The van der Waals surface area contributed by atoms with Gasteiger partial charge in [0, 0.05) is 52.7 Å².